The predicted molar refractivity (Wildman–Crippen MR) is 114 cm³/mol. The number of anilines is 1. The lowest BCUT2D eigenvalue weighted by Gasteiger charge is -2.22. The highest BCUT2D eigenvalue weighted by molar-refractivity contribution is 6.30. The number of nitrogens with one attached hydrogen (secondary N) is 2. The maximum atomic E-state index is 12.4. The number of hydrogen-bond acceptors (Lipinski definition) is 5. The Balaban J connectivity index is 0.00000240. The van der Waals surface area contributed by atoms with Crippen molar-refractivity contribution in [1.29, 1.82) is 0 Å². The second kappa shape index (κ2) is 9.73. The molecule has 3 aromatic rings. The van der Waals surface area contributed by atoms with Crippen LogP contribution < -0.4 is 15.4 Å². The second-order valence-corrected chi connectivity index (χ2v) is 7.04. The lowest BCUT2D eigenvalue weighted by Crippen LogP contribution is -2.29. The van der Waals surface area contributed by atoms with Crippen molar-refractivity contribution in [3.8, 4) is 11.5 Å². The van der Waals surface area contributed by atoms with Gasteiger partial charge in [-0.25, -0.2) is 4.68 Å². The van der Waals surface area contributed by atoms with E-state index >= 15 is 0 Å². The fraction of sp³-hybridized carbons (Fsp3) is 0.250. The molecule has 0 atom stereocenters. The van der Waals surface area contributed by atoms with Crippen molar-refractivity contribution < 1.29 is 9.53 Å². The van der Waals surface area contributed by atoms with Gasteiger partial charge >= 0.3 is 0 Å². The number of carbonyl (C=O) groups is 1. The number of nitrogens with zero attached hydrogens (tertiary/aromatic N) is 3. The Hall–Kier alpha value is -2.61. The molecule has 0 radical (unpaired) electrons. The van der Waals surface area contributed by atoms with Gasteiger partial charge in [-0.05, 0) is 68.4 Å². The number of rotatable bonds is 5. The Morgan fingerprint density at radius 2 is 1.90 bits per heavy atom. The number of amides is 1. The summed E-state index contributed by atoms with van der Waals surface area (Å²) in [4.78, 5) is 12.4. The molecule has 1 fully saturated rings. The molecule has 9 heteroatoms. The Morgan fingerprint density at radius 1 is 1.14 bits per heavy atom. The molecule has 0 bridgehead atoms. The molecule has 2 N–H and O–H groups in total. The third-order valence-electron chi connectivity index (χ3n) is 4.57. The fourth-order valence-electron chi connectivity index (χ4n) is 3.10. The Labute approximate surface area is 179 Å². The average molecular weight is 434 g/mol. The number of piperidine rings is 1. The highest BCUT2D eigenvalue weighted by Crippen LogP contribution is 2.25. The fourth-order valence-corrected chi connectivity index (χ4v) is 3.28. The first kappa shape index (κ1) is 21.1. The topological polar surface area (TPSA) is 81.1 Å². The zero-order valence-corrected chi connectivity index (χ0v) is 17.1. The van der Waals surface area contributed by atoms with Crippen LogP contribution in [0.1, 0.15) is 29.4 Å². The Morgan fingerprint density at radius 3 is 2.62 bits per heavy atom. The predicted octanol–water partition coefficient (Wildman–Crippen LogP) is 4.32. The number of benzene rings is 2. The molecule has 0 unspecified atom stereocenters. The Kier molecular flexibility index (Phi) is 7.09. The minimum Gasteiger partial charge on any atom is -0.457 e. The molecule has 1 aliphatic rings. The van der Waals surface area contributed by atoms with Gasteiger partial charge in [0.05, 0.1) is 12.2 Å². The van der Waals surface area contributed by atoms with Crippen molar-refractivity contribution in [1.82, 2.24) is 20.3 Å². The van der Waals surface area contributed by atoms with E-state index < -0.39 is 0 Å². The van der Waals surface area contributed by atoms with E-state index in [1.165, 1.54) is 0 Å². The molecule has 29 heavy (non-hydrogen) atoms. The molecule has 1 saturated heterocycles. The van der Waals surface area contributed by atoms with Crippen LogP contribution in [0.3, 0.4) is 0 Å². The molecule has 1 aliphatic heterocycles. The monoisotopic (exact) mass is 433 g/mol. The summed E-state index contributed by atoms with van der Waals surface area (Å²) in [5.74, 6) is 1.01. The first-order valence-corrected chi connectivity index (χ1v) is 9.52. The van der Waals surface area contributed by atoms with Crippen LogP contribution >= 0.6 is 24.0 Å². The summed E-state index contributed by atoms with van der Waals surface area (Å²) in [5.41, 5.74) is 0.956. The molecule has 0 aliphatic carbocycles. The van der Waals surface area contributed by atoms with Crippen LogP contribution in [0.25, 0.3) is 0 Å². The molecule has 1 amide bonds. The van der Waals surface area contributed by atoms with Gasteiger partial charge in [-0.3, -0.25) is 4.79 Å². The van der Waals surface area contributed by atoms with Gasteiger partial charge in [0.15, 0.2) is 5.69 Å². The maximum Gasteiger partial charge on any atom is 0.277 e. The number of carbonyl (C=O) groups excluding carboxylic acids is 1. The molecular weight excluding hydrogens is 413 g/mol. The quantitative estimate of drug-likeness (QED) is 0.625. The van der Waals surface area contributed by atoms with E-state index in [9.17, 15) is 4.79 Å². The summed E-state index contributed by atoms with van der Waals surface area (Å²) in [5, 5.41) is 14.9. The number of aromatic nitrogens is 3. The van der Waals surface area contributed by atoms with E-state index in [0.717, 1.165) is 25.9 Å². The largest absolute Gasteiger partial charge is 0.457 e. The summed E-state index contributed by atoms with van der Waals surface area (Å²) < 4.78 is 7.54. The van der Waals surface area contributed by atoms with Crippen molar-refractivity contribution >= 4 is 35.6 Å². The second-order valence-electron chi connectivity index (χ2n) is 6.60. The molecular formula is C20H21Cl2N5O2. The molecule has 7 nitrogen and oxygen atoms in total. The number of ether oxygens (including phenoxy) is 1. The maximum absolute atomic E-state index is 12.4. The lowest BCUT2D eigenvalue weighted by molar-refractivity contribution is 0.102. The standard InChI is InChI=1S/C20H20ClN5O2.ClH/c21-14-2-1-3-18(12-14)28-17-6-4-15(5-7-17)23-20(27)19-13-26(25-24-19)16-8-10-22-11-9-16;/h1-7,12-13,16,22H,8-11H2,(H,23,27);1H. The van der Waals surface area contributed by atoms with Gasteiger partial charge in [0.25, 0.3) is 5.91 Å². The molecule has 4 rings (SSSR count). The van der Waals surface area contributed by atoms with Crippen molar-refractivity contribution in [2.24, 2.45) is 0 Å². The molecule has 2 heterocycles. The highest BCUT2D eigenvalue weighted by Gasteiger charge is 2.18. The van der Waals surface area contributed by atoms with Crippen LogP contribution in [0, 0.1) is 0 Å². The van der Waals surface area contributed by atoms with Crippen LogP contribution in [-0.4, -0.2) is 34.0 Å². The van der Waals surface area contributed by atoms with Crippen molar-refractivity contribution in [2.45, 2.75) is 18.9 Å². The van der Waals surface area contributed by atoms with Gasteiger partial charge in [0.2, 0.25) is 0 Å². The molecule has 1 aromatic heterocycles. The summed E-state index contributed by atoms with van der Waals surface area (Å²) in [7, 11) is 0. The van der Waals surface area contributed by atoms with Crippen LogP contribution in [0.15, 0.2) is 54.7 Å². The van der Waals surface area contributed by atoms with Crippen LogP contribution in [0.4, 0.5) is 5.69 Å². The van der Waals surface area contributed by atoms with Gasteiger partial charge in [0.1, 0.15) is 11.5 Å². The molecule has 0 spiro atoms. The zero-order chi connectivity index (χ0) is 19.3. The third-order valence-corrected chi connectivity index (χ3v) is 4.80. The molecule has 2 aromatic carbocycles. The van der Waals surface area contributed by atoms with E-state index in [4.69, 9.17) is 16.3 Å². The first-order chi connectivity index (χ1) is 13.7. The van der Waals surface area contributed by atoms with Gasteiger partial charge < -0.3 is 15.4 Å². The van der Waals surface area contributed by atoms with E-state index in [1.807, 2.05) is 12.1 Å². The van der Waals surface area contributed by atoms with Crippen molar-refractivity contribution in [3.05, 3.63) is 65.4 Å². The summed E-state index contributed by atoms with van der Waals surface area (Å²) >= 11 is 5.96. The van der Waals surface area contributed by atoms with Crippen molar-refractivity contribution in [3.63, 3.8) is 0 Å². The third kappa shape index (κ3) is 5.47. The van der Waals surface area contributed by atoms with Gasteiger partial charge in [-0.15, -0.1) is 17.5 Å². The smallest absolute Gasteiger partial charge is 0.277 e. The number of hydrogen-bond donors (Lipinski definition) is 2. The van der Waals surface area contributed by atoms with Gasteiger partial charge in [-0.2, -0.15) is 0 Å². The highest BCUT2D eigenvalue weighted by atomic mass is 35.5. The summed E-state index contributed by atoms with van der Waals surface area (Å²) in [6.45, 7) is 1.91. The van der Waals surface area contributed by atoms with Crippen LogP contribution in [0.2, 0.25) is 5.02 Å². The van der Waals surface area contributed by atoms with E-state index in [2.05, 4.69) is 20.9 Å². The molecule has 152 valence electrons. The number of halogens is 2. The average Bonchev–Trinajstić information content (AvgIpc) is 3.21. The Bertz CT molecular complexity index is 956. The first-order valence-electron chi connectivity index (χ1n) is 9.15. The minimum atomic E-state index is -0.288. The van der Waals surface area contributed by atoms with Crippen molar-refractivity contribution in [2.75, 3.05) is 18.4 Å². The van der Waals surface area contributed by atoms with Crippen LogP contribution in [-0.2, 0) is 0 Å². The molecule has 0 saturated carbocycles. The summed E-state index contributed by atoms with van der Waals surface area (Å²) in [6, 6.07) is 14.6. The van der Waals surface area contributed by atoms with Crippen LogP contribution in [0.5, 0.6) is 11.5 Å². The van der Waals surface area contributed by atoms with E-state index in [0.29, 0.717) is 33.9 Å². The normalized spacial score (nSPS) is 14.1. The van der Waals surface area contributed by atoms with Gasteiger partial charge in [0, 0.05) is 10.7 Å². The zero-order valence-electron chi connectivity index (χ0n) is 15.5. The van der Waals surface area contributed by atoms with E-state index in [-0.39, 0.29) is 18.3 Å². The SMILES string of the molecule is Cl.O=C(Nc1ccc(Oc2cccc(Cl)c2)cc1)c1cn(C2CCNCC2)nn1. The minimum absolute atomic E-state index is 0. The lowest BCUT2D eigenvalue weighted by atomic mass is 10.1. The summed E-state index contributed by atoms with van der Waals surface area (Å²) in [6.07, 6.45) is 3.68. The van der Waals surface area contributed by atoms with E-state index in [1.54, 1.807) is 47.3 Å². The van der Waals surface area contributed by atoms with Gasteiger partial charge in [-0.1, -0.05) is 22.9 Å².